The van der Waals surface area contributed by atoms with Gasteiger partial charge < -0.3 is 5.11 Å². The Morgan fingerprint density at radius 1 is 1.11 bits per heavy atom. The van der Waals surface area contributed by atoms with Crippen LogP contribution < -0.4 is 0 Å². The van der Waals surface area contributed by atoms with Crippen LogP contribution in [0, 0.1) is 11.7 Å². The van der Waals surface area contributed by atoms with Gasteiger partial charge in [-0.3, -0.25) is 0 Å². The molecule has 0 radical (unpaired) electrons. The van der Waals surface area contributed by atoms with E-state index in [-0.39, 0.29) is 5.75 Å². The molecule has 0 aromatic heterocycles. The Labute approximate surface area is 107 Å². The topological polar surface area (TPSA) is 20.2 Å². The highest BCUT2D eigenvalue weighted by Gasteiger charge is 2.06. The van der Waals surface area contributed by atoms with Crippen molar-refractivity contribution in [3.8, 4) is 16.9 Å². The summed E-state index contributed by atoms with van der Waals surface area (Å²) in [4.78, 5) is 0. The van der Waals surface area contributed by atoms with Gasteiger partial charge in [0.1, 0.15) is 11.6 Å². The van der Waals surface area contributed by atoms with E-state index in [1.54, 1.807) is 6.07 Å². The van der Waals surface area contributed by atoms with Gasteiger partial charge in [0, 0.05) is 11.6 Å². The predicted molar refractivity (Wildman–Crippen MR) is 72.0 cm³/mol. The van der Waals surface area contributed by atoms with E-state index in [2.05, 4.69) is 19.9 Å². The second-order valence-electron chi connectivity index (χ2n) is 4.96. The lowest BCUT2D eigenvalue weighted by Crippen LogP contribution is -1.94. The molecule has 1 nitrogen and oxygen atoms in total. The fraction of sp³-hybridized carbons (Fsp3) is 0.250. The molecule has 0 saturated heterocycles. The van der Waals surface area contributed by atoms with Crippen molar-refractivity contribution in [1.82, 2.24) is 0 Å². The van der Waals surface area contributed by atoms with Crippen LogP contribution in [0.2, 0.25) is 0 Å². The molecular formula is C16H17FO. The van der Waals surface area contributed by atoms with Crippen LogP contribution in [-0.4, -0.2) is 5.11 Å². The van der Waals surface area contributed by atoms with Gasteiger partial charge in [-0.15, -0.1) is 0 Å². The summed E-state index contributed by atoms with van der Waals surface area (Å²) in [7, 11) is 0. The Hall–Kier alpha value is -1.83. The second-order valence-corrected chi connectivity index (χ2v) is 4.96. The van der Waals surface area contributed by atoms with Crippen LogP contribution in [-0.2, 0) is 6.42 Å². The summed E-state index contributed by atoms with van der Waals surface area (Å²) in [6.45, 7) is 4.34. The Morgan fingerprint density at radius 2 is 1.89 bits per heavy atom. The van der Waals surface area contributed by atoms with E-state index in [0.717, 1.165) is 18.1 Å². The number of hydrogen-bond acceptors (Lipinski definition) is 1. The summed E-state index contributed by atoms with van der Waals surface area (Å²) >= 11 is 0. The van der Waals surface area contributed by atoms with E-state index < -0.39 is 5.82 Å². The Bertz CT molecular complexity index is 547. The fourth-order valence-electron chi connectivity index (χ4n) is 2.09. The molecule has 0 bridgehead atoms. The molecule has 0 aliphatic heterocycles. The molecule has 0 amide bonds. The highest BCUT2D eigenvalue weighted by atomic mass is 19.1. The molecule has 0 atom stereocenters. The smallest absolute Gasteiger partial charge is 0.126 e. The van der Waals surface area contributed by atoms with Gasteiger partial charge >= 0.3 is 0 Å². The van der Waals surface area contributed by atoms with E-state index in [4.69, 9.17) is 0 Å². The van der Waals surface area contributed by atoms with Gasteiger partial charge in [-0.1, -0.05) is 38.1 Å². The predicted octanol–water partition coefficient (Wildman–Crippen LogP) is 4.40. The zero-order chi connectivity index (χ0) is 13.1. The van der Waals surface area contributed by atoms with Gasteiger partial charge in [0.05, 0.1) is 0 Å². The van der Waals surface area contributed by atoms with Crippen LogP contribution in [0.4, 0.5) is 4.39 Å². The van der Waals surface area contributed by atoms with E-state index in [1.807, 2.05) is 18.2 Å². The number of aromatic hydroxyl groups is 1. The minimum Gasteiger partial charge on any atom is -0.507 e. The van der Waals surface area contributed by atoms with Crippen molar-refractivity contribution in [2.24, 2.45) is 5.92 Å². The van der Waals surface area contributed by atoms with Crippen molar-refractivity contribution in [2.75, 3.05) is 0 Å². The SMILES string of the molecule is CC(C)Cc1cccc(-c2ccc(F)cc2O)c1. The molecule has 0 aliphatic rings. The Morgan fingerprint density at radius 3 is 2.56 bits per heavy atom. The molecular weight excluding hydrogens is 227 g/mol. The first-order valence-electron chi connectivity index (χ1n) is 6.14. The standard InChI is InChI=1S/C16H17FO/c1-11(2)8-12-4-3-5-13(9-12)15-7-6-14(17)10-16(15)18/h3-7,9-11,18H,8H2,1-2H3. The quantitative estimate of drug-likeness (QED) is 0.848. The van der Waals surface area contributed by atoms with Crippen LogP contribution >= 0.6 is 0 Å². The van der Waals surface area contributed by atoms with Crippen LogP contribution in [0.25, 0.3) is 11.1 Å². The van der Waals surface area contributed by atoms with Crippen LogP contribution in [0.15, 0.2) is 42.5 Å². The van der Waals surface area contributed by atoms with E-state index >= 15 is 0 Å². The number of halogens is 1. The van der Waals surface area contributed by atoms with Crippen LogP contribution in [0.3, 0.4) is 0 Å². The van der Waals surface area contributed by atoms with E-state index in [1.165, 1.54) is 11.6 Å². The number of phenolic OH excluding ortho intramolecular Hbond substituents is 1. The third kappa shape index (κ3) is 2.89. The molecule has 18 heavy (non-hydrogen) atoms. The van der Waals surface area contributed by atoms with Gasteiger partial charge in [-0.05, 0) is 35.6 Å². The molecule has 2 aromatic carbocycles. The van der Waals surface area contributed by atoms with Gasteiger partial charge in [0.15, 0.2) is 0 Å². The highest BCUT2D eigenvalue weighted by molar-refractivity contribution is 5.70. The largest absolute Gasteiger partial charge is 0.507 e. The summed E-state index contributed by atoms with van der Waals surface area (Å²) in [6, 6.07) is 12.1. The minimum absolute atomic E-state index is 0.0169. The van der Waals surface area contributed by atoms with Gasteiger partial charge in [-0.2, -0.15) is 0 Å². The lowest BCUT2D eigenvalue weighted by molar-refractivity contribution is 0.471. The molecule has 2 rings (SSSR count). The number of benzene rings is 2. The summed E-state index contributed by atoms with van der Waals surface area (Å²) in [6.07, 6.45) is 0.996. The normalized spacial score (nSPS) is 10.9. The lowest BCUT2D eigenvalue weighted by Gasteiger charge is -2.09. The van der Waals surface area contributed by atoms with Crippen molar-refractivity contribution < 1.29 is 9.50 Å². The maximum Gasteiger partial charge on any atom is 0.126 e. The Kier molecular flexibility index (Phi) is 3.66. The summed E-state index contributed by atoms with van der Waals surface area (Å²) in [5.41, 5.74) is 2.82. The maximum absolute atomic E-state index is 13.0. The van der Waals surface area contributed by atoms with Crippen molar-refractivity contribution in [3.63, 3.8) is 0 Å². The lowest BCUT2D eigenvalue weighted by atomic mass is 9.97. The molecule has 0 unspecified atom stereocenters. The second kappa shape index (κ2) is 5.21. The zero-order valence-corrected chi connectivity index (χ0v) is 10.7. The number of rotatable bonds is 3. The highest BCUT2D eigenvalue weighted by Crippen LogP contribution is 2.30. The number of phenols is 1. The van der Waals surface area contributed by atoms with Crippen LogP contribution in [0.1, 0.15) is 19.4 Å². The average Bonchev–Trinajstić information content (AvgIpc) is 2.28. The van der Waals surface area contributed by atoms with Crippen molar-refractivity contribution in [2.45, 2.75) is 20.3 Å². The van der Waals surface area contributed by atoms with Crippen LogP contribution in [0.5, 0.6) is 5.75 Å². The Balaban J connectivity index is 2.38. The minimum atomic E-state index is -0.422. The van der Waals surface area contributed by atoms with Gasteiger partial charge in [-0.25, -0.2) is 4.39 Å². The number of hydrogen-bond donors (Lipinski definition) is 1. The first kappa shape index (κ1) is 12.6. The monoisotopic (exact) mass is 244 g/mol. The van der Waals surface area contributed by atoms with Gasteiger partial charge in [0.25, 0.3) is 0 Å². The summed E-state index contributed by atoms with van der Waals surface area (Å²) in [5, 5.41) is 9.78. The van der Waals surface area contributed by atoms with Gasteiger partial charge in [0.2, 0.25) is 0 Å². The summed E-state index contributed by atoms with van der Waals surface area (Å²) < 4.78 is 13.0. The molecule has 2 heteroatoms. The first-order chi connectivity index (χ1) is 8.56. The molecule has 1 N–H and O–H groups in total. The molecule has 0 aliphatic carbocycles. The third-order valence-electron chi connectivity index (χ3n) is 2.84. The molecule has 94 valence electrons. The molecule has 0 spiro atoms. The average molecular weight is 244 g/mol. The molecule has 0 saturated carbocycles. The van der Waals surface area contributed by atoms with Crippen molar-refractivity contribution >= 4 is 0 Å². The van der Waals surface area contributed by atoms with Crippen molar-refractivity contribution in [1.29, 1.82) is 0 Å². The maximum atomic E-state index is 13.0. The molecule has 0 fully saturated rings. The molecule has 0 heterocycles. The van der Waals surface area contributed by atoms with E-state index in [9.17, 15) is 9.50 Å². The first-order valence-corrected chi connectivity index (χ1v) is 6.14. The third-order valence-corrected chi connectivity index (χ3v) is 2.84. The summed E-state index contributed by atoms with van der Waals surface area (Å²) in [5.74, 6) is 0.147. The molecule has 2 aromatic rings. The fourth-order valence-corrected chi connectivity index (χ4v) is 2.09. The van der Waals surface area contributed by atoms with Crippen molar-refractivity contribution in [3.05, 3.63) is 53.8 Å². The van der Waals surface area contributed by atoms with E-state index in [0.29, 0.717) is 11.5 Å². The zero-order valence-electron chi connectivity index (χ0n) is 10.7.